The molecule has 1 N–H and O–H groups in total. The van der Waals surface area contributed by atoms with Crippen LogP contribution in [0.3, 0.4) is 0 Å². The molecule has 0 aliphatic rings. The summed E-state index contributed by atoms with van der Waals surface area (Å²) < 4.78 is 5.81. The van der Waals surface area contributed by atoms with Gasteiger partial charge in [0.2, 0.25) is 0 Å². The van der Waals surface area contributed by atoms with Gasteiger partial charge in [-0.15, -0.1) is 0 Å². The first-order valence-electron chi connectivity index (χ1n) is 8.77. The number of amides is 1. The molecular formula is C23H23NO2. The number of ether oxygens (including phenoxy) is 1. The van der Waals surface area contributed by atoms with Gasteiger partial charge < -0.3 is 10.1 Å². The van der Waals surface area contributed by atoms with Crippen LogP contribution in [0, 0.1) is 6.92 Å². The van der Waals surface area contributed by atoms with E-state index in [2.05, 4.69) is 5.32 Å². The van der Waals surface area contributed by atoms with Crippen molar-refractivity contribution in [2.75, 3.05) is 6.61 Å². The number of nitrogens with one attached hydrogen (secondary N) is 1. The van der Waals surface area contributed by atoms with Crippen molar-refractivity contribution >= 4 is 5.91 Å². The van der Waals surface area contributed by atoms with Crippen molar-refractivity contribution in [2.24, 2.45) is 0 Å². The molecule has 0 aliphatic heterocycles. The van der Waals surface area contributed by atoms with Crippen molar-refractivity contribution < 1.29 is 9.53 Å². The molecule has 0 fully saturated rings. The van der Waals surface area contributed by atoms with Crippen LogP contribution in [0.1, 0.15) is 24.1 Å². The van der Waals surface area contributed by atoms with Crippen LogP contribution in [-0.4, -0.2) is 12.5 Å². The Labute approximate surface area is 154 Å². The first-order chi connectivity index (χ1) is 12.6. The molecule has 0 aromatic heterocycles. The Morgan fingerprint density at radius 1 is 0.923 bits per heavy atom. The summed E-state index contributed by atoms with van der Waals surface area (Å²) in [6.07, 6.45) is 0. The van der Waals surface area contributed by atoms with Gasteiger partial charge in [0.25, 0.3) is 5.91 Å². The normalized spacial score (nSPS) is 11.6. The lowest BCUT2D eigenvalue weighted by Gasteiger charge is -2.17. The Hall–Kier alpha value is -3.07. The second-order valence-corrected chi connectivity index (χ2v) is 6.30. The molecule has 0 heterocycles. The number of para-hydroxylation sites is 1. The molecule has 0 bridgehead atoms. The molecule has 0 radical (unpaired) electrons. The fourth-order valence-corrected chi connectivity index (χ4v) is 3.03. The molecule has 3 aromatic rings. The third-order valence-corrected chi connectivity index (χ3v) is 4.36. The number of carbonyl (C=O) groups excluding carboxylic acids is 1. The van der Waals surface area contributed by atoms with E-state index in [0.29, 0.717) is 5.75 Å². The number of rotatable bonds is 6. The van der Waals surface area contributed by atoms with E-state index in [0.717, 1.165) is 22.3 Å². The molecule has 3 heteroatoms. The van der Waals surface area contributed by atoms with Gasteiger partial charge in [-0.25, -0.2) is 0 Å². The molecule has 132 valence electrons. The largest absolute Gasteiger partial charge is 0.483 e. The van der Waals surface area contributed by atoms with Gasteiger partial charge in [0, 0.05) is 5.56 Å². The Bertz CT molecular complexity index is 874. The molecule has 3 aromatic carbocycles. The Balaban J connectivity index is 1.65. The van der Waals surface area contributed by atoms with E-state index >= 15 is 0 Å². The lowest BCUT2D eigenvalue weighted by Crippen LogP contribution is -2.31. The lowest BCUT2D eigenvalue weighted by atomic mass is 10.0. The summed E-state index contributed by atoms with van der Waals surface area (Å²) in [4.78, 5) is 12.3. The fourth-order valence-electron chi connectivity index (χ4n) is 3.03. The maximum Gasteiger partial charge on any atom is 0.258 e. The minimum Gasteiger partial charge on any atom is -0.483 e. The monoisotopic (exact) mass is 345 g/mol. The first kappa shape index (κ1) is 17.7. The van der Waals surface area contributed by atoms with Crippen molar-refractivity contribution in [3.8, 4) is 16.9 Å². The molecule has 1 unspecified atom stereocenters. The van der Waals surface area contributed by atoms with Gasteiger partial charge in [-0.05, 0) is 36.6 Å². The highest BCUT2D eigenvalue weighted by atomic mass is 16.5. The molecule has 0 saturated heterocycles. The van der Waals surface area contributed by atoms with Crippen LogP contribution in [0.2, 0.25) is 0 Å². The van der Waals surface area contributed by atoms with Gasteiger partial charge in [0.1, 0.15) is 5.75 Å². The van der Waals surface area contributed by atoms with Crippen LogP contribution in [0.15, 0.2) is 78.9 Å². The van der Waals surface area contributed by atoms with Crippen molar-refractivity contribution in [1.29, 1.82) is 0 Å². The number of hydrogen-bond acceptors (Lipinski definition) is 2. The molecule has 1 atom stereocenters. The second kappa shape index (κ2) is 8.34. The van der Waals surface area contributed by atoms with Gasteiger partial charge >= 0.3 is 0 Å². The van der Waals surface area contributed by atoms with Crippen LogP contribution in [0.25, 0.3) is 11.1 Å². The molecule has 0 spiro atoms. The Kier molecular flexibility index (Phi) is 5.69. The van der Waals surface area contributed by atoms with Gasteiger partial charge in [0.15, 0.2) is 6.61 Å². The second-order valence-electron chi connectivity index (χ2n) is 6.30. The van der Waals surface area contributed by atoms with E-state index in [1.54, 1.807) is 0 Å². The summed E-state index contributed by atoms with van der Waals surface area (Å²) >= 11 is 0. The van der Waals surface area contributed by atoms with Crippen LogP contribution in [0.4, 0.5) is 0 Å². The van der Waals surface area contributed by atoms with Crippen LogP contribution in [0.5, 0.6) is 5.75 Å². The van der Waals surface area contributed by atoms with Crippen LogP contribution < -0.4 is 10.1 Å². The fraction of sp³-hybridized carbons (Fsp3) is 0.174. The average molecular weight is 345 g/mol. The average Bonchev–Trinajstić information content (AvgIpc) is 2.67. The van der Waals surface area contributed by atoms with Gasteiger partial charge in [-0.3, -0.25) is 4.79 Å². The minimum atomic E-state index is -0.136. The van der Waals surface area contributed by atoms with Gasteiger partial charge in [0.05, 0.1) is 6.04 Å². The van der Waals surface area contributed by atoms with E-state index in [-0.39, 0.29) is 18.6 Å². The zero-order chi connectivity index (χ0) is 18.4. The summed E-state index contributed by atoms with van der Waals surface area (Å²) in [5.41, 5.74) is 4.32. The molecule has 26 heavy (non-hydrogen) atoms. The maximum atomic E-state index is 12.3. The first-order valence-corrected chi connectivity index (χ1v) is 8.77. The van der Waals surface area contributed by atoms with E-state index in [1.807, 2.05) is 92.7 Å². The smallest absolute Gasteiger partial charge is 0.258 e. The third kappa shape index (κ3) is 4.31. The Morgan fingerprint density at radius 2 is 1.58 bits per heavy atom. The molecule has 3 nitrogen and oxygen atoms in total. The number of hydrogen-bond donors (Lipinski definition) is 1. The minimum absolute atomic E-state index is 0.0138. The van der Waals surface area contributed by atoms with Crippen molar-refractivity contribution in [3.63, 3.8) is 0 Å². The van der Waals surface area contributed by atoms with Crippen LogP contribution >= 0.6 is 0 Å². The number of carbonyl (C=O) groups is 1. The summed E-state index contributed by atoms with van der Waals surface area (Å²) in [7, 11) is 0. The summed E-state index contributed by atoms with van der Waals surface area (Å²) in [5.74, 6) is 0.570. The summed E-state index contributed by atoms with van der Waals surface area (Å²) in [5, 5.41) is 3.00. The van der Waals surface area contributed by atoms with E-state index < -0.39 is 0 Å². The lowest BCUT2D eigenvalue weighted by molar-refractivity contribution is -0.123. The molecule has 0 saturated carbocycles. The van der Waals surface area contributed by atoms with Crippen LogP contribution in [-0.2, 0) is 4.79 Å². The highest BCUT2D eigenvalue weighted by molar-refractivity contribution is 5.78. The molecular weight excluding hydrogens is 322 g/mol. The van der Waals surface area contributed by atoms with Crippen molar-refractivity contribution in [2.45, 2.75) is 19.9 Å². The summed E-state index contributed by atoms with van der Waals surface area (Å²) in [6.45, 7) is 4.02. The highest BCUT2D eigenvalue weighted by Gasteiger charge is 2.13. The predicted octanol–water partition coefficient (Wildman–Crippen LogP) is 4.92. The highest BCUT2D eigenvalue weighted by Crippen LogP contribution is 2.29. The quantitative estimate of drug-likeness (QED) is 0.689. The van der Waals surface area contributed by atoms with Gasteiger partial charge in [-0.2, -0.15) is 0 Å². The topological polar surface area (TPSA) is 38.3 Å². The third-order valence-electron chi connectivity index (χ3n) is 4.36. The van der Waals surface area contributed by atoms with E-state index in [9.17, 15) is 4.79 Å². The van der Waals surface area contributed by atoms with Gasteiger partial charge in [-0.1, -0.05) is 72.8 Å². The van der Waals surface area contributed by atoms with E-state index in [1.165, 1.54) is 0 Å². The SMILES string of the molecule is Cc1ccccc1C(C)NC(=O)COc1ccccc1-c1ccccc1. The number of aryl methyl sites for hydroxylation is 1. The molecule has 1 amide bonds. The molecule has 3 rings (SSSR count). The zero-order valence-electron chi connectivity index (χ0n) is 15.1. The number of benzene rings is 3. The summed E-state index contributed by atoms with van der Waals surface area (Å²) in [6, 6.07) is 25.8. The van der Waals surface area contributed by atoms with Crippen molar-refractivity contribution in [3.05, 3.63) is 90.0 Å². The Morgan fingerprint density at radius 3 is 2.35 bits per heavy atom. The zero-order valence-corrected chi connectivity index (χ0v) is 15.1. The standard InChI is InChI=1S/C23H23NO2/c1-17-10-6-7-13-20(17)18(2)24-23(25)16-26-22-15-9-8-14-21(22)19-11-4-3-5-12-19/h3-15,18H,16H2,1-2H3,(H,24,25). The predicted molar refractivity (Wildman–Crippen MR) is 105 cm³/mol. The van der Waals surface area contributed by atoms with Crippen molar-refractivity contribution in [1.82, 2.24) is 5.32 Å². The molecule has 0 aliphatic carbocycles. The maximum absolute atomic E-state index is 12.3. The van der Waals surface area contributed by atoms with E-state index in [4.69, 9.17) is 4.74 Å².